The highest BCUT2D eigenvalue weighted by atomic mass is 127. The number of hydrogen-bond acceptors (Lipinski definition) is 1. The fraction of sp³-hybridized carbons (Fsp3) is 0.250. The molecule has 14 heavy (non-hydrogen) atoms. The van der Waals surface area contributed by atoms with Crippen LogP contribution >= 0.6 is 34.2 Å². The molecule has 2 N–H and O–H groups in total. The number of halogens is 5. The predicted molar refractivity (Wildman–Crippen MR) is 57.1 cm³/mol. The van der Waals surface area contributed by atoms with Gasteiger partial charge in [0.25, 0.3) is 0 Å². The van der Waals surface area contributed by atoms with Gasteiger partial charge in [0.15, 0.2) is 0 Å². The van der Waals surface area contributed by atoms with E-state index in [1.165, 1.54) is 0 Å². The first kappa shape index (κ1) is 12.1. The second-order valence-electron chi connectivity index (χ2n) is 2.63. The van der Waals surface area contributed by atoms with E-state index in [4.69, 9.17) is 17.3 Å². The first-order valence-electron chi connectivity index (χ1n) is 3.61. The molecule has 0 radical (unpaired) electrons. The summed E-state index contributed by atoms with van der Waals surface area (Å²) in [6.45, 7) is 0.0436. The fourth-order valence-electron chi connectivity index (χ4n) is 0.958. The summed E-state index contributed by atoms with van der Waals surface area (Å²) in [7, 11) is 0. The van der Waals surface area contributed by atoms with E-state index in [0.29, 0.717) is 9.13 Å². The van der Waals surface area contributed by atoms with Gasteiger partial charge in [-0.25, -0.2) is 0 Å². The molecule has 0 heterocycles. The quantitative estimate of drug-likeness (QED) is 0.782. The second-order valence-corrected chi connectivity index (χ2v) is 4.12. The van der Waals surface area contributed by atoms with Crippen LogP contribution in [0.4, 0.5) is 13.2 Å². The SMILES string of the molecule is NCc1cc(C(F)(F)F)cc(Cl)c1I. The van der Waals surface area contributed by atoms with Crippen LogP contribution in [-0.2, 0) is 12.7 Å². The normalized spacial score (nSPS) is 11.9. The van der Waals surface area contributed by atoms with Crippen LogP contribution in [0.3, 0.4) is 0 Å². The third-order valence-corrected chi connectivity index (χ3v) is 3.54. The summed E-state index contributed by atoms with van der Waals surface area (Å²) in [4.78, 5) is 0. The van der Waals surface area contributed by atoms with Crippen LogP contribution in [0, 0.1) is 3.57 Å². The molecule has 0 spiro atoms. The van der Waals surface area contributed by atoms with Gasteiger partial charge in [0, 0.05) is 10.1 Å². The Morgan fingerprint density at radius 1 is 1.36 bits per heavy atom. The van der Waals surface area contributed by atoms with Gasteiger partial charge in [-0.2, -0.15) is 13.2 Å². The van der Waals surface area contributed by atoms with Crippen molar-refractivity contribution in [3.05, 3.63) is 31.9 Å². The van der Waals surface area contributed by atoms with Crippen molar-refractivity contribution < 1.29 is 13.2 Å². The lowest BCUT2D eigenvalue weighted by Crippen LogP contribution is -2.08. The Labute approximate surface area is 97.6 Å². The summed E-state index contributed by atoms with van der Waals surface area (Å²) in [5.74, 6) is 0. The first-order valence-corrected chi connectivity index (χ1v) is 5.07. The zero-order chi connectivity index (χ0) is 10.9. The Hall–Kier alpha value is -0.0100. The van der Waals surface area contributed by atoms with Crippen LogP contribution in [0.1, 0.15) is 11.1 Å². The Bertz CT molecular complexity index is 351. The molecule has 0 aliphatic carbocycles. The Morgan fingerprint density at radius 2 is 1.93 bits per heavy atom. The number of benzene rings is 1. The molecule has 0 aliphatic heterocycles. The Morgan fingerprint density at radius 3 is 2.36 bits per heavy atom. The third-order valence-electron chi connectivity index (χ3n) is 1.65. The van der Waals surface area contributed by atoms with Crippen molar-refractivity contribution in [3.8, 4) is 0 Å². The fourth-order valence-corrected chi connectivity index (χ4v) is 1.73. The zero-order valence-corrected chi connectivity index (χ0v) is 9.74. The Balaban J connectivity index is 3.30. The lowest BCUT2D eigenvalue weighted by molar-refractivity contribution is -0.137. The average molecular weight is 335 g/mol. The predicted octanol–water partition coefficient (Wildman–Crippen LogP) is 3.42. The van der Waals surface area contributed by atoms with Crippen molar-refractivity contribution in [2.45, 2.75) is 12.7 Å². The van der Waals surface area contributed by atoms with E-state index < -0.39 is 11.7 Å². The van der Waals surface area contributed by atoms with Gasteiger partial charge in [0.05, 0.1) is 10.6 Å². The van der Waals surface area contributed by atoms with Crippen molar-refractivity contribution in [3.63, 3.8) is 0 Å². The average Bonchev–Trinajstić information content (AvgIpc) is 2.07. The molecule has 1 rings (SSSR count). The van der Waals surface area contributed by atoms with E-state index in [1.807, 2.05) is 22.6 Å². The van der Waals surface area contributed by atoms with Gasteiger partial charge in [0.2, 0.25) is 0 Å². The van der Waals surface area contributed by atoms with E-state index in [9.17, 15) is 13.2 Å². The van der Waals surface area contributed by atoms with Gasteiger partial charge in [-0.1, -0.05) is 11.6 Å². The van der Waals surface area contributed by atoms with Crippen molar-refractivity contribution in [1.29, 1.82) is 0 Å². The van der Waals surface area contributed by atoms with Crippen LogP contribution in [0.5, 0.6) is 0 Å². The smallest absolute Gasteiger partial charge is 0.326 e. The van der Waals surface area contributed by atoms with Gasteiger partial charge >= 0.3 is 6.18 Å². The third kappa shape index (κ3) is 2.52. The summed E-state index contributed by atoms with van der Waals surface area (Å²) >= 11 is 7.51. The molecule has 0 amide bonds. The van der Waals surface area contributed by atoms with E-state index in [0.717, 1.165) is 12.1 Å². The van der Waals surface area contributed by atoms with Gasteiger partial charge in [-0.3, -0.25) is 0 Å². The lowest BCUT2D eigenvalue weighted by atomic mass is 10.1. The van der Waals surface area contributed by atoms with Crippen molar-refractivity contribution in [2.75, 3.05) is 0 Å². The minimum Gasteiger partial charge on any atom is -0.326 e. The van der Waals surface area contributed by atoms with Gasteiger partial charge in [-0.15, -0.1) is 0 Å². The maximum Gasteiger partial charge on any atom is 0.416 e. The van der Waals surface area contributed by atoms with E-state index in [-0.39, 0.29) is 11.6 Å². The molecule has 78 valence electrons. The maximum atomic E-state index is 12.3. The Kier molecular flexibility index (Phi) is 3.65. The molecule has 1 nitrogen and oxygen atoms in total. The molecule has 6 heteroatoms. The molecule has 1 aromatic rings. The number of nitrogens with two attached hydrogens (primary N) is 1. The molecule has 0 saturated heterocycles. The molecule has 0 aromatic heterocycles. The summed E-state index contributed by atoms with van der Waals surface area (Å²) in [6, 6.07) is 1.93. The molecule has 0 bridgehead atoms. The monoisotopic (exact) mass is 335 g/mol. The molecule has 0 unspecified atom stereocenters. The molecule has 0 fully saturated rings. The highest BCUT2D eigenvalue weighted by molar-refractivity contribution is 14.1. The molecular formula is C8H6ClF3IN. The molecular weight excluding hydrogens is 329 g/mol. The van der Waals surface area contributed by atoms with E-state index >= 15 is 0 Å². The van der Waals surface area contributed by atoms with Crippen molar-refractivity contribution >= 4 is 34.2 Å². The summed E-state index contributed by atoms with van der Waals surface area (Å²) < 4.78 is 37.5. The first-order chi connectivity index (χ1) is 6.36. The minimum atomic E-state index is -4.38. The van der Waals surface area contributed by atoms with Crippen molar-refractivity contribution in [1.82, 2.24) is 0 Å². The summed E-state index contributed by atoms with van der Waals surface area (Å²) in [6.07, 6.45) is -4.38. The van der Waals surface area contributed by atoms with Crippen LogP contribution in [0.15, 0.2) is 12.1 Å². The molecule has 0 aliphatic rings. The minimum absolute atomic E-state index is 0.0436. The van der Waals surface area contributed by atoms with Crippen LogP contribution in [0.25, 0.3) is 0 Å². The molecule has 1 aromatic carbocycles. The van der Waals surface area contributed by atoms with Crippen LogP contribution < -0.4 is 5.73 Å². The summed E-state index contributed by atoms with van der Waals surface area (Å²) in [5, 5.41) is 0.0841. The molecule has 0 saturated carbocycles. The standard InChI is InChI=1S/C8H6ClF3IN/c9-6-2-5(8(10,11)12)1-4(3-14)7(6)13/h1-2H,3,14H2. The van der Waals surface area contributed by atoms with Crippen molar-refractivity contribution in [2.24, 2.45) is 5.73 Å². The molecule has 0 atom stereocenters. The van der Waals surface area contributed by atoms with Crippen LogP contribution in [0.2, 0.25) is 5.02 Å². The maximum absolute atomic E-state index is 12.3. The number of alkyl halides is 3. The summed E-state index contributed by atoms with van der Waals surface area (Å²) in [5.41, 5.74) is 4.95. The van der Waals surface area contributed by atoms with Crippen LogP contribution in [-0.4, -0.2) is 0 Å². The van der Waals surface area contributed by atoms with E-state index in [2.05, 4.69) is 0 Å². The zero-order valence-electron chi connectivity index (χ0n) is 6.83. The van der Waals surface area contributed by atoms with Gasteiger partial charge in [0.1, 0.15) is 0 Å². The second kappa shape index (κ2) is 4.24. The van der Waals surface area contributed by atoms with Gasteiger partial charge in [-0.05, 0) is 40.3 Å². The van der Waals surface area contributed by atoms with E-state index in [1.54, 1.807) is 0 Å². The number of hydrogen-bond donors (Lipinski definition) is 1. The number of rotatable bonds is 1. The lowest BCUT2D eigenvalue weighted by Gasteiger charge is -2.10. The topological polar surface area (TPSA) is 26.0 Å². The highest BCUT2D eigenvalue weighted by Gasteiger charge is 2.31. The van der Waals surface area contributed by atoms with Gasteiger partial charge < -0.3 is 5.73 Å². The highest BCUT2D eigenvalue weighted by Crippen LogP contribution is 2.34. The largest absolute Gasteiger partial charge is 0.416 e.